The van der Waals surface area contributed by atoms with Crippen LogP contribution in [0.3, 0.4) is 0 Å². The van der Waals surface area contributed by atoms with Crippen molar-refractivity contribution in [1.82, 2.24) is 19.9 Å². The van der Waals surface area contributed by atoms with E-state index in [-0.39, 0.29) is 19.5 Å². The van der Waals surface area contributed by atoms with Gasteiger partial charge in [0, 0.05) is 0 Å². The van der Waals surface area contributed by atoms with Crippen molar-refractivity contribution in [3.8, 4) is 44.5 Å². The number of fused-ring (bicyclic) bond motifs is 8. The number of benzene rings is 4. The van der Waals surface area contributed by atoms with Crippen LogP contribution in [-0.2, 0) is 19.5 Å². The van der Waals surface area contributed by atoms with Crippen molar-refractivity contribution in [2.75, 3.05) is 0 Å². The molecule has 8 bridgehead atoms. The molecule has 0 unspecified atom stereocenters. The number of aromatic nitrogens is 4. The van der Waals surface area contributed by atoms with Crippen molar-refractivity contribution in [2.45, 2.75) is 0 Å². The first kappa shape index (κ1) is 30.4. The molecule has 0 radical (unpaired) electrons. The van der Waals surface area contributed by atoms with Crippen molar-refractivity contribution in [2.24, 2.45) is 0 Å². The molecule has 5 heteroatoms. The van der Waals surface area contributed by atoms with E-state index in [0.29, 0.717) is 0 Å². The van der Waals surface area contributed by atoms with Crippen LogP contribution in [0.4, 0.5) is 0 Å². The minimum absolute atomic E-state index is 0. The molecule has 4 aromatic carbocycles. The van der Waals surface area contributed by atoms with Gasteiger partial charge in [-0.3, -0.25) is 0 Å². The van der Waals surface area contributed by atoms with E-state index in [2.05, 4.69) is 146 Å². The Labute approximate surface area is 297 Å². The van der Waals surface area contributed by atoms with E-state index in [9.17, 15) is 0 Å². The van der Waals surface area contributed by atoms with Crippen LogP contribution in [0.2, 0.25) is 0 Å². The van der Waals surface area contributed by atoms with Crippen molar-refractivity contribution in [3.63, 3.8) is 0 Å². The van der Waals surface area contributed by atoms with Crippen LogP contribution >= 0.6 is 0 Å². The second kappa shape index (κ2) is 13.0. The number of hydrogen-bond acceptors (Lipinski definition) is 2. The summed E-state index contributed by atoms with van der Waals surface area (Å²) >= 11 is 0. The van der Waals surface area contributed by atoms with Gasteiger partial charge in [-0.25, -0.2) is 9.97 Å². The van der Waals surface area contributed by atoms with Crippen LogP contribution in [0, 0.1) is 0 Å². The first-order chi connectivity index (χ1) is 23.8. The Morgan fingerprint density at radius 3 is 0.735 bits per heavy atom. The molecule has 0 aliphatic carbocycles. The summed E-state index contributed by atoms with van der Waals surface area (Å²) < 4.78 is 0. The Morgan fingerprint density at radius 1 is 0.286 bits per heavy atom. The van der Waals surface area contributed by atoms with Gasteiger partial charge in [0.1, 0.15) is 0 Å². The van der Waals surface area contributed by atoms with Gasteiger partial charge in [-0.1, -0.05) is 146 Å². The smallest absolute Gasteiger partial charge is 0.657 e. The molecular formula is C44H28N4Ru. The van der Waals surface area contributed by atoms with Gasteiger partial charge in [0.15, 0.2) is 0 Å². The molecule has 0 saturated carbocycles. The molecule has 4 nitrogen and oxygen atoms in total. The molecular weight excluding hydrogens is 686 g/mol. The number of hydrogen-bond donors (Lipinski definition) is 0. The fourth-order valence-electron chi connectivity index (χ4n) is 6.69. The number of nitrogens with zero attached hydrogens (tertiary/aromatic N) is 4. The molecule has 0 spiro atoms. The summed E-state index contributed by atoms with van der Waals surface area (Å²) in [5.41, 5.74) is 15.0. The number of rotatable bonds is 4. The molecule has 49 heavy (non-hydrogen) atoms. The summed E-state index contributed by atoms with van der Waals surface area (Å²) in [5.74, 6) is 0. The summed E-state index contributed by atoms with van der Waals surface area (Å²) in [6, 6.07) is 50.0. The average molecular weight is 714 g/mol. The molecule has 0 fully saturated rings. The summed E-state index contributed by atoms with van der Waals surface area (Å²) in [4.78, 5) is 21.2. The van der Waals surface area contributed by atoms with Crippen LogP contribution in [0.1, 0.15) is 22.8 Å². The van der Waals surface area contributed by atoms with E-state index < -0.39 is 0 Å². The fourth-order valence-corrected chi connectivity index (χ4v) is 6.69. The van der Waals surface area contributed by atoms with E-state index in [1.165, 1.54) is 0 Å². The zero-order valence-corrected chi connectivity index (χ0v) is 28.0. The Hall–Kier alpha value is -5.90. The molecule has 0 amide bonds. The summed E-state index contributed by atoms with van der Waals surface area (Å²) in [5, 5.41) is 0. The maximum Gasteiger partial charge on any atom is 2.00 e. The minimum Gasteiger partial charge on any atom is -0.657 e. The third kappa shape index (κ3) is 5.59. The monoisotopic (exact) mass is 714 g/mol. The Morgan fingerprint density at radius 2 is 0.510 bits per heavy atom. The SMILES string of the molecule is C1=Cc2nc1c(-c1ccccc1)c1ccc([n-]1)c(-c1ccccc1)c1nc(c(-c3ccccc3)c3ccc([n-]3)c2-c2ccccc2)C=C1.[Ru+2]. The molecule has 232 valence electrons. The molecule has 2 aliphatic rings. The van der Waals surface area contributed by atoms with Crippen LogP contribution in [0.15, 0.2) is 146 Å². The van der Waals surface area contributed by atoms with Gasteiger partial charge in [0.2, 0.25) is 0 Å². The van der Waals surface area contributed by atoms with Crippen molar-refractivity contribution >= 4 is 46.4 Å². The van der Waals surface area contributed by atoms with E-state index in [1.54, 1.807) is 0 Å². The summed E-state index contributed by atoms with van der Waals surface area (Å²) in [6.45, 7) is 0. The van der Waals surface area contributed by atoms with Gasteiger partial charge in [-0.15, -0.1) is 22.1 Å². The van der Waals surface area contributed by atoms with Crippen molar-refractivity contribution in [1.29, 1.82) is 0 Å². The van der Waals surface area contributed by atoms with Crippen LogP contribution in [0.5, 0.6) is 0 Å². The quantitative estimate of drug-likeness (QED) is 0.170. The first-order valence-corrected chi connectivity index (χ1v) is 16.1. The maximum absolute atomic E-state index is 5.31. The van der Waals surface area contributed by atoms with Gasteiger partial charge in [0.05, 0.1) is 22.8 Å². The average Bonchev–Trinajstić information content (AvgIpc) is 3.98. The standard InChI is InChI=1S/C44H28N4.Ru/c1-5-13-29(14-6-1)41-33-21-23-35(45-33)42(30-15-7-2-8-16-30)37-25-27-39(47-37)44(32-19-11-4-12-20-32)40-28-26-38(48-40)43(31-17-9-3-10-18-31)36-24-22-34(41)46-36;/h1-28H;/q-2;+2. The molecule has 5 heterocycles. The predicted octanol–water partition coefficient (Wildman–Crippen LogP) is 10.6. The van der Waals surface area contributed by atoms with Crippen LogP contribution < -0.4 is 9.97 Å². The fraction of sp³-hybridized carbons (Fsp3) is 0. The second-order valence-electron chi connectivity index (χ2n) is 11.8. The zero-order chi connectivity index (χ0) is 31.9. The van der Waals surface area contributed by atoms with Crippen molar-refractivity contribution in [3.05, 3.63) is 168 Å². The molecule has 3 aromatic heterocycles. The third-order valence-corrected chi connectivity index (χ3v) is 8.86. The van der Waals surface area contributed by atoms with Gasteiger partial charge < -0.3 is 9.97 Å². The molecule has 0 atom stereocenters. The van der Waals surface area contributed by atoms with Gasteiger partial charge in [-0.2, -0.15) is 0 Å². The second-order valence-corrected chi connectivity index (χ2v) is 11.8. The molecule has 2 aliphatic heterocycles. The topological polar surface area (TPSA) is 54.0 Å². The summed E-state index contributed by atoms with van der Waals surface area (Å²) in [6.07, 6.45) is 8.41. The van der Waals surface area contributed by atoms with Crippen LogP contribution in [-0.4, -0.2) is 9.97 Å². The normalized spacial score (nSPS) is 11.8. The summed E-state index contributed by atoms with van der Waals surface area (Å²) in [7, 11) is 0. The van der Waals surface area contributed by atoms with E-state index in [4.69, 9.17) is 19.9 Å². The molecule has 9 rings (SSSR count). The zero-order valence-electron chi connectivity index (χ0n) is 26.3. The maximum atomic E-state index is 5.31. The largest absolute Gasteiger partial charge is 2.00 e. The van der Waals surface area contributed by atoms with Crippen molar-refractivity contribution < 1.29 is 19.5 Å². The van der Waals surface area contributed by atoms with E-state index in [1.807, 2.05) is 24.3 Å². The Balaban J connectivity index is 0.00000348. The molecule has 0 saturated heterocycles. The first-order valence-electron chi connectivity index (χ1n) is 16.1. The third-order valence-electron chi connectivity index (χ3n) is 8.86. The Kier molecular flexibility index (Phi) is 8.05. The van der Waals surface area contributed by atoms with Gasteiger partial charge in [0.25, 0.3) is 0 Å². The van der Waals surface area contributed by atoms with Gasteiger partial charge >= 0.3 is 19.5 Å². The van der Waals surface area contributed by atoms with Crippen LogP contribution in [0.25, 0.3) is 90.9 Å². The minimum atomic E-state index is 0. The molecule has 0 N–H and O–H groups in total. The molecule has 7 aromatic rings. The Bertz CT molecular complexity index is 2180. The van der Waals surface area contributed by atoms with Gasteiger partial charge in [-0.05, 0) is 68.8 Å². The van der Waals surface area contributed by atoms with E-state index in [0.717, 1.165) is 89.4 Å². The predicted molar refractivity (Wildman–Crippen MR) is 199 cm³/mol. The van der Waals surface area contributed by atoms with E-state index >= 15 is 0 Å².